The number of hydrogen-bond acceptors (Lipinski definition) is 8. The van der Waals surface area contributed by atoms with Crippen molar-refractivity contribution in [1.82, 2.24) is 21.3 Å². The monoisotopic (exact) mass is 522 g/mol. The molecule has 2 aliphatic rings. The molecule has 2 aliphatic heterocycles. The molecule has 0 fully saturated rings. The summed E-state index contributed by atoms with van der Waals surface area (Å²) >= 11 is 0. The second kappa shape index (κ2) is 11.4. The SMILES string of the molecule is CNC(=O)CCNC(=O)[C@](C)(CNC(=O)c1ccc2c(c1)B(O)OC2)NC(=O)c1ccc2c(c1)B(O)OC2. The first-order chi connectivity index (χ1) is 18.1. The maximum Gasteiger partial charge on any atom is 0.491 e. The first-order valence-corrected chi connectivity index (χ1v) is 12.1. The van der Waals surface area contributed by atoms with Crippen LogP contribution in [0.4, 0.5) is 0 Å². The fourth-order valence-corrected chi connectivity index (χ4v) is 4.18. The molecule has 0 aromatic heterocycles. The van der Waals surface area contributed by atoms with E-state index in [0.29, 0.717) is 10.9 Å². The number of amides is 4. The Labute approximate surface area is 219 Å². The van der Waals surface area contributed by atoms with Crippen LogP contribution in [0.3, 0.4) is 0 Å². The van der Waals surface area contributed by atoms with Gasteiger partial charge in [-0.25, -0.2) is 0 Å². The van der Waals surface area contributed by atoms with Gasteiger partial charge in [0.15, 0.2) is 0 Å². The molecule has 14 heteroatoms. The van der Waals surface area contributed by atoms with Crippen molar-refractivity contribution in [2.75, 3.05) is 20.1 Å². The molecule has 0 radical (unpaired) electrons. The zero-order valence-corrected chi connectivity index (χ0v) is 21.0. The zero-order valence-electron chi connectivity index (χ0n) is 21.0. The predicted octanol–water partition coefficient (Wildman–Crippen LogP) is -2.71. The molecule has 4 rings (SSSR count). The Morgan fingerprint density at radius 3 is 2.00 bits per heavy atom. The summed E-state index contributed by atoms with van der Waals surface area (Å²) in [5.41, 5.74) is 1.30. The second-order valence-corrected chi connectivity index (χ2v) is 9.30. The average Bonchev–Trinajstić information content (AvgIpc) is 3.48. The second-order valence-electron chi connectivity index (χ2n) is 9.30. The summed E-state index contributed by atoms with van der Waals surface area (Å²) in [5, 5.41) is 30.3. The number of nitrogens with one attached hydrogen (secondary N) is 4. The summed E-state index contributed by atoms with van der Waals surface area (Å²) in [4.78, 5) is 50.8. The van der Waals surface area contributed by atoms with E-state index in [9.17, 15) is 29.2 Å². The van der Waals surface area contributed by atoms with Crippen LogP contribution in [0, 0.1) is 0 Å². The van der Waals surface area contributed by atoms with Crippen molar-refractivity contribution in [3.8, 4) is 0 Å². The summed E-state index contributed by atoms with van der Waals surface area (Å²) in [6.07, 6.45) is 0.0286. The van der Waals surface area contributed by atoms with E-state index in [2.05, 4.69) is 21.3 Å². The molecule has 0 unspecified atom stereocenters. The maximum absolute atomic E-state index is 13.2. The largest absolute Gasteiger partial charge is 0.491 e. The Kier molecular flexibility index (Phi) is 8.17. The third kappa shape index (κ3) is 5.89. The lowest BCUT2D eigenvalue weighted by molar-refractivity contribution is -0.126. The van der Waals surface area contributed by atoms with Crippen LogP contribution < -0.4 is 32.2 Å². The number of benzene rings is 2. The van der Waals surface area contributed by atoms with E-state index in [1.807, 2.05) is 0 Å². The van der Waals surface area contributed by atoms with Gasteiger partial charge >= 0.3 is 14.2 Å². The number of carbonyl (C=O) groups excluding carboxylic acids is 4. The third-order valence-electron chi connectivity index (χ3n) is 6.55. The van der Waals surface area contributed by atoms with Gasteiger partial charge in [-0.3, -0.25) is 19.2 Å². The van der Waals surface area contributed by atoms with Crippen LogP contribution >= 0.6 is 0 Å². The van der Waals surface area contributed by atoms with E-state index in [0.717, 1.165) is 11.1 Å². The lowest BCUT2D eigenvalue weighted by atomic mass is 9.78. The van der Waals surface area contributed by atoms with E-state index in [4.69, 9.17) is 9.31 Å². The lowest BCUT2D eigenvalue weighted by Gasteiger charge is -2.30. The molecule has 198 valence electrons. The highest BCUT2D eigenvalue weighted by molar-refractivity contribution is 6.62. The quantitative estimate of drug-likeness (QED) is 0.193. The van der Waals surface area contributed by atoms with Crippen LogP contribution in [0.5, 0.6) is 0 Å². The normalized spacial score (nSPS) is 15.3. The molecule has 0 aliphatic carbocycles. The molecule has 0 spiro atoms. The van der Waals surface area contributed by atoms with E-state index < -0.39 is 37.5 Å². The number of hydrogen-bond donors (Lipinski definition) is 6. The van der Waals surface area contributed by atoms with Crippen molar-refractivity contribution in [2.45, 2.75) is 32.1 Å². The van der Waals surface area contributed by atoms with Gasteiger partial charge in [-0.1, -0.05) is 12.1 Å². The molecule has 0 saturated heterocycles. The third-order valence-corrected chi connectivity index (χ3v) is 6.55. The van der Waals surface area contributed by atoms with Crippen LogP contribution in [0.15, 0.2) is 36.4 Å². The van der Waals surface area contributed by atoms with Crippen molar-refractivity contribution >= 4 is 48.8 Å². The van der Waals surface area contributed by atoms with Crippen molar-refractivity contribution < 1.29 is 38.5 Å². The first kappa shape index (κ1) is 27.3. The van der Waals surface area contributed by atoms with E-state index in [1.54, 1.807) is 24.3 Å². The zero-order chi connectivity index (χ0) is 27.4. The minimum atomic E-state index is -1.61. The molecular weight excluding hydrogens is 494 g/mol. The van der Waals surface area contributed by atoms with Crippen molar-refractivity contribution in [3.05, 3.63) is 58.7 Å². The number of rotatable bonds is 9. The smallest absolute Gasteiger partial charge is 0.423 e. The fraction of sp³-hybridized carbons (Fsp3) is 0.333. The van der Waals surface area contributed by atoms with Crippen LogP contribution in [0.2, 0.25) is 0 Å². The first-order valence-electron chi connectivity index (χ1n) is 12.1. The molecule has 4 amide bonds. The number of carbonyl (C=O) groups is 4. The highest BCUT2D eigenvalue weighted by atomic mass is 16.5. The van der Waals surface area contributed by atoms with Gasteiger partial charge in [0.2, 0.25) is 11.8 Å². The lowest BCUT2D eigenvalue weighted by Crippen LogP contribution is -2.62. The van der Waals surface area contributed by atoms with Gasteiger partial charge in [0.25, 0.3) is 11.8 Å². The van der Waals surface area contributed by atoms with Gasteiger partial charge in [-0.05, 0) is 53.2 Å². The maximum atomic E-state index is 13.2. The highest BCUT2D eigenvalue weighted by Gasteiger charge is 2.37. The van der Waals surface area contributed by atoms with Crippen LogP contribution in [-0.4, -0.2) is 73.6 Å². The van der Waals surface area contributed by atoms with E-state index >= 15 is 0 Å². The minimum Gasteiger partial charge on any atom is -0.423 e. The van der Waals surface area contributed by atoms with Crippen molar-refractivity contribution in [3.63, 3.8) is 0 Å². The fourth-order valence-electron chi connectivity index (χ4n) is 4.18. The minimum absolute atomic E-state index is 0.0169. The number of fused-ring (bicyclic) bond motifs is 2. The Morgan fingerprint density at radius 2 is 1.45 bits per heavy atom. The Balaban J connectivity index is 1.49. The van der Waals surface area contributed by atoms with Crippen LogP contribution in [0.25, 0.3) is 0 Å². The molecule has 2 heterocycles. The van der Waals surface area contributed by atoms with Gasteiger partial charge in [0, 0.05) is 37.7 Å². The van der Waals surface area contributed by atoms with Gasteiger partial charge in [0.1, 0.15) is 5.54 Å². The van der Waals surface area contributed by atoms with Crippen molar-refractivity contribution in [2.24, 2.45) is 0 Å². The summed E-state index contributed by atoms with van der Waals surface area (Å²) in [5.74, 6) is -2.02. The molecule has 12 nitrogen and oxygen atoms in total. The van der Waals surface area contributed by atoms with Gasteiger partial charge < -0.3 is 40.6 Å². The van der Waals surface area contributed by atoms with Crippen molar-refractivity contribution in [1.29, 1.82) is 0 Å². The summed E-state index contributed by atoms with van der Waals surface area (Å²) in [7, 11) is -0.788. The van der Waals surface area contributed by atoms with Gasteiger partial charge in [-0.15, -0.1) is 0 Å². The Bertz CT molecular complexity index is 1280. The van der Waals surface area contributed by atoms with E-state index in [-0.39, 0.29) is 49.8 Å². The van der Waals surface area contributed by atoms with E-state index in [1.165, 1.54) is 26.1 Å². The molecule has 6 N–H and O–H groups in total. The summed E-state index contributed by atoms with van der Waals surface area (Å²) in [6.45, 7) is 1.65. The average molecular weight is 522 g/mol. The molecule has 2 aromatic carbocycles. The summed E-state index contributed by atoms with van der Waals surface area (Å²) < 4.78 is 10.3. The van der Waals surface area contributed by atoms with Gasteiger partial charge in [0.05, 0.1) is 13.2 Å². The predicted molar refractivity (Wildman–Crippen MR) is 138 cm³/mol. The summed E-state index contributed by atoms with van der Waals surface area (Å²) in [6, 6.07) is 9.47. The topological polar surface area (TPSA) is 175 Å². The van der Waals surface area contributed by atoms with Gasteiger partial charge in [-0.2, -0.15) is 0 Å². The molecule has 38 heavy (non-hydrogen) atoms. The molecule has 1 atom stereocenters. The van der Waals surface area contributed by atoms with Crippen LogP contribution in [-0.2, 0) is 32.1 Å². The molecule has 2 aromatic rings. The molecular formula is C24H28B2N4O8. The highest BCUT2D eigenvalue weighted by Crippen LogP contribution is 2.14. The Hall–Kier alpha value is -3.71. The molecule has 0 saturated carbocycles. The van der Waals surface area contributed by atoms with Crippen LogP contribution in [0.1, 0.15) is 45.2 Å². The Morgan fingerprint density at radius 1 is 0.895 bits per heavy atom. The standard InChI is InChI=1S/C24H28B2N4O8/c1-24(23(34)28-8-7-20(31)27-2,30-22(33)15-4-6-17-12-38-26(36)19(17)10-15)13-29-21(32)14-3-5-16-11-37-25(35)18(16)9-14/h3-6,9-10,35-36H,7-8,11-13H2,1-2H3,(H,27,31)(H,28,34)(H,29,32)(H,30,33)/t24-/m0/s1. The molecule has 0 bridgehead atoms.